The van der Waals surface area contributed by atoms with Gasteiger partial charge in [0.15, 0.2) is 0 Å². The number of nitro benzene ring substituents is 1. The Kier molecular flexibility index (Phi) is 9.04. The summed E-state index contributed by atoms with van der Waals surface area (Å²) in [7, 11) is 1.48. The van der Waals surface area contributed by atoms with E-state index in [2.05, 4.69) is 0 Å². The third-order valence-corrected chi connectivity index (χ3v) is 6.43. The van der Waals surface area contributed by atoms with Crippen molar-refractivity contribution in [3.63, 3.8) is 0 Å². The van der Waals surface area contributed by atoms with E-state index in [0.29, 0.717) is 6.54 Å². The normalized spacial score (nSPS) is 10.7. The van der Waals surface area contributed by atoms with Gasteiger partial charge in [-0.1, -0.05) is 18.2 Å². The molecule has 0 unspecified atom stereocenters. The Morgan fingerprint density at radius 2 is 1.83 bits per heavy atom. The summed E-state index contributed by atoms with van der Waals surface area (Å²) >= 11 is 1.53. The average Bonchev–Trinajstić information content (AvgIpc) is 3.26. The zero-order valence-corrected chi connectivity index (χ0v) is 20.3. The molecule has 0 bridgehead atoms. The van der Waals surface area contributed by atoms with Crippen LogP contribution in [0, 0.1) is 22.9 Å². The molecule has 2 amide bonds. The van der Waals surface area contributed by atoms with Crippen molar-refractivity contribution < 1.29 is 23.6 Å². The highest BCUT2D eigenvalue weighted by atomic mass is 32.1. The fraction of sp³-hybridized carbons (Fsp3) is 0.280. The van der Waals surface area contributed by atoms with Crippen LogP contribution in [0.25, 0.3) is 0 Å². The molecule has 0 N–H and O–H groups in total. The lowest BCUT2D eigenvalue weighted by molar-refractivity contribution is -0.384. The highest BCUT2D eigenvalue weighted by Crippen LogP contribution is 2.20. The van der Waals surface area contributed by atoms with E-state index in [-0.39, 0.29) is 49.2 Å². The molecule has 0 fully saturated rings. The van der Waals surface area contributed by atoms with Crippen LogP contribution in [-0.4, -0.2) is 53.3 Å². The van der Waals surface area contributed by atoms with E-state index >= 15 is 0 Å². The maximum absolute atomic E-state index is 13.5. The number of nitrogens with zero attached hydrogens (tertiary/aromatic N) is 3. The first-order chi connectivity index (χ1) is 16.8. The van der Waals surface area contributed by atoms with E-state index in [1.807, 2.05) is 18.4 Å². The summed E-state index contributed by atoms with van der Waals surface area (Å²) in [4.78, 5) is 41.1. The van der Waals surface area contributed by atoms with Crippen LogP contribution in [0.2, 0.25) is 0 Å². The van der Waals surface area contributed by atoms with E-state index in [9.17, 15) is 24.1 Å². The number of carbonyl (C=O) groups excluding carboxylic acids is 2. The van der Waals surface area contributed by atoms with Gasteiger partial charge in [0.2, 0.25) is 5.91 Å². The Morgan fingerprint density at radius 1 is 1.09 bits per heavy atom. The number of ether oxygens (including phenoxy) is 1. The molecule has 3 rings (SSSR count). The van der Waals surface area contributed by atoms with Gasteiger partial charge in [-0.15, -0.1) is 11.3 Å². The monoisotopic (exact) mass is 499 g/mol. The molecule has 0 radical (unpaired) electrons. The summed E-state index contributed by atoms with van der Waals surface area (Å²) in [5, 5.41) is 13.1. The predicted molar refractivity (Wildman–Crippen MR) is 131 cm³/mol. The van der Waals surface area contributed by atoms with Crippen LogP contribution in [0.4, 0.5) is 10.1 Å². The minimum Gasteiger partial charge on any atom is -0.383 e. The van der Waals surface area contributed by atoms with Crippen LogP contribution in [0.15, 0.2) is 60.0 Å². The number of rotatable bonds is 11. The van der Waals surface area contributed by atoms with Crippen LogP contribution in [0.5, 0.6) is 0 Å². The molecule has 10 heteroatoms. The Bertz CT molecular complexity index is 1180. The van der Waals surface area contributed by atoms with Crippen molar-refractivity contribution in [1.82, 2.24) is 9.80 Å². The number of methoxy groups -OCH3 is 1. The molecular formula is C25H26FN3O5S. The van der Waals surface area contributed by atoms with E-state index in [1.165, 1.54) is 59.7 Å². The third-order valence-electron chi connectivity index (χ3n) is 5.42. The lowest BCUT2D eigenvalue weighted by Crippen LogP contribution is -2.43. The second-order valence-corrected chi connectivity index (χ2v) is 8.93. The smallest absolute Gasteiger partial charge is 0.270 e. The molecule has 0 aliphatic heterocycles. The number of benzene rings is 2. The van der Waals surface area contributed by atoms with Crippen molar-refractivity contribution in [1.29, 1.82) is 0 Å². The highest BCUT2D eigenvalue weighted by Gasteiger charge is 2.24. The highest BCUT2D eigenvalue weighted by molar-refractivity contribution is 7.10. The molecule has 0 atom stereocenters. The summed E-state index contributed by atoms with van der Waals surface area (Å²) in [5.74, 6) is -1.18. The fourth-order valence-corrected chi connectivity index (χ4v) is 4.35. The van der Waals surface area contributed by atoms with Gasteiger partial charge in [-0.3, -0.25) is 19.7 Å². The molecule has 0 aliphatic rings. The molecule has 1 heterocycles. The predicted octanol–water partition coefficient (Wildman–Crippen LogP) is 4.42. The lowest BCUT2D eigenvalue weighted by Gasteiger charge is -2.28. The molecule has 0 saturated carbocycles. The van der Waals surface area contributed by atoms with Crippen LogP contribution < -0.4 is 0 Å². The van der Waals surface area contributed by atoms with Crippen molar-refractivity contribution in [2.75, 3.05) is 26.8 Å². The second-order valence-electron chi connectivity index (χ2n) is 7.93. The number of hydrogen-bond donors (Lipinski definition) is 0. The van der Waals surface area contributed by atoms with Gasteiger partial charge in [-0.25, -0.2) is 4.39 Å². The van der Waals surface area contributed by atoms with Crippen molar-refractivity contribution in [2.24, 2.45) is 0 Å². The van der Waals surface area contributed by atoms with Gasteiger partial charge in [-0.05, 0) is 47.7 Å². The number of aryl methyl sites for hydroxylation is 1. The van der Waals surface area contributed by atoms with Gasteiger partial charge in [0.1, 0.15) is 12.4 Å². The van der Waals surface area contributed by atoms with Gasteiger partial charge >= 0.3 is 0 Å². The fourth-order valence-electron chi connectivity index (χ4n) is 3.43. The van der Waals surface area contributed by atoms with Gasteiger partial charge in [0.05, 0.1) is 18.1 Å². The third kappa shape index (κ3) is 7.17. The van der Waals surface area contributed by atoms with Gasteiger partial charge < -0.3 is 14.5 Å². The zero-order chi connectivity index (χ0) is 25.4. The number of thiophene rings is 1. The van der Waals surface area contributed by atoms with Gasteiger partial charge in [-0.2, -0.15) is 0 Å². The molecule has 184 valence electrons. The van der Waals surface area contributed by atoms with Crippen LogP contribution >= 0.6 is 11.3 Å². The number of halogens is 1. The molecule has 2 aromatic carbocycles. The molecule has 35 heavy (non-hydrogen) atoms. The number of nitro groups is 1. The Morgan fingerprint density at radius 3 is 2.46 bits per heavy atom. The minimum absolute atomic E-state index is 0.113. The summed E-state index contributed by atoms with van der Waals surface area (Å²) in [5.41, 5.74) is 1.71. The molecule has 0 saturated heterocycles. The standard InChI is InChI=1S/C25H26FN3O5S/c1-18-10-13-35-23(18)16-28(15-19-6-8-21(26)9-7-19)24(30)17-27(11-12-34-2)25(31)20-4-3-5-22(14-20)29(32)33/h3-10,13-14H,11-12,15-17H2,1-2H3. The number of amides is 2. The first kappa shape index (κ1) is 26.0. The SMILES string of the molecule is COCCN(CC(=O)N(Cc1ccc(F)cc1)Cc1sccc1C)C(=O)c1cccc([N+](=O)[O-])c1. The van der Waals surface area contributed by atoms with E-state index < -0.39 is 10.8 Å². The van der Waals surface area contributed by atoms with Crippen molar-refractivity contribution in [2.45, 2.75) is 20.0 Å². The van der Waals surface area contributed by atoms with E-state index in [1.54, 1.807) is 17.0 Å². The molecule has 0 spiro atoms. The van der Waals surface area contributed by atoms with Crippen LogP contribution in [0.1, 0.15) is 26.4 Å². The van der Waals surface area contributed by atoms with Crippen molar-refractivity contribution in [3.05, 3.63) is 97.5 Å². The maximum Gasteiger partial charge on any atom is 0.270 e. The largest absolute Gasteiger partial charge is 0.383 e. The Balaban J connectivity index is 1.84. The van der Waals surface area contributed by atoms with Gasteiger partial charge in [0, 0.05) is 42.8 Å². The second kappa shape index (κ2) is 12.2. The topological polar surface area (TPSA) is 93.0 Å². The maximum atomic E-state index is 13.5. The molecule has 1 aromatic heterocycles. The summed E-state index contributed by atoms with van der Waals surface area (Å²) < 4.78 is 18.5. The molecule has 3 aromatic rings. The van der Waals surface area contributed by atoms with Crippen LogP contribution in [0.3, 0.4) is 0 Å². The van der Waals surface area contributed by atoms with E-state index in [4.69, 9.17) is 4.74 Å². The Labute approximate surface area is 206 Å². The first-order valence-electron chi connectivity index (χ1n) is 10.9. The zero-order valence-electron chi connectivity index (χ0n) is 19.5. The Hall–Kier alpha value is -3.63. The summed E-state index contributed by atoms with van der Waals surface area (Å²) in [6.45, 7) is 2.62. The van der Waals surface area contributed by atoms with E-state index in [0.717, 1.165) is 16.0 Å². The minimum atomic E-state index is -0.574. The molecule has 8 nitrogen and oxygen atoms in total. The van der Waals surface area contributed by atoms with Crippen molar-refractivity contribution in [3.8, 4) is 0 Å². The quantitative estimate of drug-likeness (QED) is 0.288. The van der Waals surface area contributed by atoms with Crippen LogP contribution in [-0.2, 0) is 22.6 Å². The number of non-ortho nitro benzene ring substituents is 1. The van der Waals surface area contributed by atoms with Gasteiger partial charge in [0.25, 0.3) is 11.6 Å². The summed E-state index contributed by atoms with van der Waals surface area (Å²) in [6, 6.07) is 13.3. The molecular weight excluding hydrogens is 473 g/mol. The van der Waals surface area contributed by atoms with Crippen molar-refractivity contribution >= 4 is 28.8 Å². The number of carbonyl (C=O) groups is 2. The lowest BCUT2D eigenvalue weighted by atomic mass is 10.1. The number of hydrogen-bond acceptors (Lipinski definition) is 6. The molecule has 0 aliphatic carbocycles. The first-order valence-corrected chi connectivity index (χ1v) is 11.7. The summed E-state index contributed by atoms with van der Waals surface area (Å²) in [6.07, 6.45) is 0. The average molecular weight is 500 g/mol.